The van der Waals surface area contributed by atoms with Gasteiger partial charge in [0.15, 0.2) is 18.0 Å². The van der Waals surface area contributed by atoms with Crippen LogP contribution in [0.25, 0.3) is 27.6 Å². The number of rotatable bonds is 5. The summed E-state index contributed by atoms with van der Waals surface area (Å²) in [6.07, 6.45) is 1.56. The SMILES string of the molecule is [2H]C([2H])([2H])c1ccnc(-n2c3ccccc3c3ccc(Oc4cccc([N+]56[CH-][N@+]5(c5cccc(C(C)(C)C)c5)c5ccccc56)c4)cc32)c1. The molecule has 2 atom stereocenters. The Morgan fingerprint density at radius 3 is 2.15 bits per heavy atom. The van der Waals surface area contributed by atoms with Crippen LogP contribution >= 0.6 is 0 Å². The van der Waals surface area contributed by atoms with Crippen molar-refractivity contribution < 1.29 is 8.85 Å². The van der Waals surface area contributed by atoms with E-state index in [2.05, 4.69) is 111 Å². The fraction of sp³-hybridized carbons (Fsp3) is 0.122. The number of nitrogens with zero attached hydrogens (tertiary/aromatic N) is 4. The average molecular weight is 603 g/mol. The second-order valence-electron chi connectivity index (χ2n) is 13.3. The van der Waals surface area contributed by atoms with Crippen LogP contribution in [0.4, 0.5) is 22.7 Å². The van der Waals surface area contributed by atoms with Crippen molar-refractivity contribution in [3.05, 3.63) is 151 Å². The maximum absolute atomic E-state index is 7.97. The first-order chi connectivity index (χ1) is 23.5. The second-order valence-corrected chi connectivity index (χ2v) is 13.3. The van der Waals surface area contributed by atoms with E-state index in [0.717, 1.165) is 33.2 Å². The van der Waals surface area contributed by atoms with E-state index in [4.69, 9.17) is 8.85 Å². The van der Waals surface area contributed by atoms with Crippen LogP contribution in [0.15, 0.2) is 134 Å². The molecular formula is C41H35N4O+. The van der Waals surface area contributed by atoms with E-state index in [1.807, 2.05) is 41.0 Å². The maximum Gasteiger partial charge on any atom is 0.225 e. The minimum Gasteiger partial charge on any atom is -0.457 e. The summed E-state index contributed by atoms with van der Waals surface area (Å²) in [4.78, 5) is 4.60. The molecule has 0 aliphatic carbocycles. The highest BCUT2D eigenvalue weighted by Crippen LogP contribution is 2.75. The van der Waals surface area contributed by atoms with Gasteiger partial charge in [0.25, 0.3) is 0 Å². The highest BCUT2D eigenvalue weighted by Gasteiger charge is 2.77. The van der Waals surface area contributed by atoms with Gasteiger partial charge in [-0.3, -0.25) is 4.57 Å². The van der Waals surface area contributed by atoms with Gasteiger partial charge in [0.2, 0.25) is 11.4 Å². The third-order valence-electron chi connectivity index (χ3n) is 9.57. The Morgan fingerprint density at radius 2 is 1.37 bits per heavy atom. The molecule has 46 heavy (non-hydrogen) atoms. The summed E-state index contributed by atoms with van der Waals surface area (Å²) in [5, 5.41) is 2.09. The summed E-state index contributed by atoms with van der Waals surface area (Å²) in [5.41, 5.74) is 8.35. The van der Waals surface area contributed by atoms with Crippen molar-refractivity contribution in [1.29, 1.82) is 0 Å². The number of hydrogen-bond acceptors (Lipinski definition) is 2. The molecule has 1 unspecified atom stereocenters. The van der Waals surface area contributed by atoms with Crippen molar-refractivity contribution in [3.63, 3.8) is 0 Å². The molecule has 1 fully saturated rings. The third-order valence-corrected chi connectivity index (χ3v) is 9.57. The van der Waals surface area contributed by atoms with Crippen LogP contribution in [-0.4, -0.2) is 9.55 Å². The monoisotopic (exact) mass is 602 g/mol. The van der Waals surface area contributed by atoms with Crippen LogP contribution < -0.4 is 13.9 Å². The largest absolute Gasteiger partial charge is 0.457 e. The predicted molar refractivity (Wildman–Crippen MR) is 189 cm³/mol. The summed E-state index contributed by atoms with van der Waals surface area (Å²) >= 11 is 0. The summed E-state index contributed by atoms with van der Waals surface area (Å²) in [5.74, 6) is 1.96. The highest BCUT2D eigenvalue weighted by atomic mass is 16.5. The lowest BCUT2D eigenvalue weighted by Crippen LogP contribution is -2.46. The van der Waals surface area contributed by atoms with Crippen LogP contribution in [0.1, 0.15) is 36.0 Å². The van der Waals surface area contributed by atoms with Gasteiger partial charge in [-0.1, -0.05) is 69.3 Å². The Kier molecular flexibility index (Phi) is 4.91. The number of quaternary nitrogens is 2. The first kappa shape index (κ1) is 24.1. The first-order valence-corrected chi connectivity index (χ1v) is 15.7. The smallest absolute Gasteiger partial charge is 0.225 e. The maximum atomic E-state index is 7.97. The molecule has 0 saturated carbocycles. The standard InChI is InChI=1S/C41H35N4O/c1-28-21-22-42-40(23-28)43-36-16-6-5-15-34(36)35-20-19-33(26-37(35)43)46-32-14-10-13-31(25-32)45-27-44(45,38-17-7-8-18-39(38)45)30-12-9-11-29(24-30)41(2,3)4/h5-27H,1-4H3/q+1/t44-,45?/m0/s1/i1D3. The van der Waals surface area contributed by atoms with E-state index in [9.17, 15) is 0 Å². The number of aromatic nitrogens is 2. The molecular weight excluding hydrogens is 564 g/mol. The van der Waals surface area contributed by atoms with Gasteiger partial charge in [0.05, 0.1) is 11.0 Å². The van der Waals surface area contributed by atoms with Gasteiger partial charge >= 0.3 is 0 Å². The predicted octanol–water partition coefficient (Wildman–Crippen LogP) is 10.9. The van der Waals surface area contributed by atoms with Crippen LogP contribution in [0.3, 0.4) is 0 Å². The average Bonchev–Trinajstić information content (AvgIpc) is 3.58. The molecule has 7 aromatic rings. The lowest BCUT2D eigenvalue weighted by molar-refractivity contribution is 0.423. The third kappa shape index (κ3) is 3.67. The Labute approximate surface area is 273 Å². The Hall–Kier alpha value is -5.23. The van der Waals surface area contributed by atoms with Crippen LogP contribution in [0.2, 0.25) is 0 Å². The lowest BCUT2D eigenvalue weighted by atomic mass is 9.87. The molecule has 4 heterocycles. The second kappa shape index (κ2) is 9.39. The molecule has 0 spiro atoms. The fourth-order valence-corrected chi connectivity index (χ4v) is 7.34. The molecule has 0 N–H and O–H groups in total. The highest BCUT2D eigenvalue weighted by molar-refractivity contribution is 6.09. The Balaban J connectivity index is 1.12. The van der Waals surface area contributed by atoms with E-state index in [1.165, 1.54) is 22.6 Å². The first-order valence-electron chi connectivity index (χ1n) is 17.2. The number of ether oxygens (including phenoxy) is 1. The van der Waals surface area contributed by atoms with Crippen molar-refractivity contribution in [3.8, 4) is 17.3 Å². The quantitative estimate of drug-likeness (QED) is 0.111. The molecule has 2 aliphatic rings. The zero-order valence-corrected chi connectivity index (χ0v) is 26.0. The number of pyridine rings is 1. The summed E-state index contributed by atoms with van der Waals surface area (Å²) in [6, 6.07) is 43.4. The normalized spacial score (nSPS) is 21.1. The van der Waals surface area contributed by atoms with E-state index in [0.29, 0.717) is 20.8 Å². The van der Waals surface area contributed by atoms with E-state index in [1.54, 1.807) is 18.3 Å². The van der Waals surface area contributed by atoms with Gasteiger partial charge < -0.3 is 4.74 Å². The zero-order chi connectivity index (χ0) is 33.8. The molecule has 0 bridgehead atoms. The van der Waals surface area contributed by atoms with Crippen molar-refractivity contribution >= 4 is 44.6 Å². The van der Waals surface area contributed by atoms with E-state index >= 15 is 0 Å². The van der Waals surface area contributed by atoms with Crippen molar-refractivity contribution in [2.45, 2.75) is 33.0 Å². The fourth-order valence-electron chi connectivity index (χ4n) is 7.34. The van der Waals surface area contributed by atoms with Gasteiger partial charge in [-0.15, -0.1) is 0 Å². The molecule has 2 aromatic heterocycles. The van der Waals surface area contributed by atoms with E-state index < -0.39 is 6.85 Å². The number of fused-ring (bicyclic) bond motifs is 7. The number of benzene rings is 5. The molecule has 2 aliphatic heterocycles. The molecule has 0 amide bonds. The van der Waals surface area contributed by atoms with Crippen LogP contribution in [0.5, 0.6) is 11.5 Å². The molecule has 5 heteroatoms. The molecule has 224 valence electrons. The van der Waals surface area contributed by atoms with Crippen LogP contribution in [-0.2, 0) is 5.41 Å². The minimum absolute atomic E-state index is 0.0409. The van der Waals surface area contributed by atoms with Gasteiger partial charge in [-0.2, -0.15) is 9.18 Å². The van der Waals surface area contributed by atoms with Gasteiger partial charge in [0.1, 0.15) is 17.3 Å². The number of para-hydroxylation sites is 3. The summed E-state index contributed by atoms with van der Waals surface area (Å²) < 4.78 is 33.8. The van der Waals surface area contributed by atoms with Crippen molar-refractivity contribution in [2.75, 3.05) is 0 Å². The van der Waals surface area contributed by atoms with Crippen molar-refractivity contribution in [1.82, 2.24) is 18.7 Å². The molecule has 5 aromatic carbocycles. The van der Waals surface area contributed by atoms with Gasteiger partial charge in [-0.25, -0.2) is 4.98 Å². The number of hydrogen-bond donors (Lipinski definition) is 0. The summed E-state index contributed by atoms with van der Waals surface area (Å²) in [6.45, 7) is 6.92. The lowest BCUT2D eigenvalue weighted by Gasteiger charge is -2.40. The topological polar surface area (TPSA) is 27.1 Å². The van der Waals surface area contributed by atoms with Gasteiger partial charge in [0, 0.05) is 63.5 Å². The minimum atomic E-state index is -2.24. The summed E-state index contributed by atoms with van der Waals surface area (Å²) in [7, 11) is 0. The van der Waals surface area contributed by atoms with E-state index in [-0.39, 0.29) is 11.0 Å². The Morgan fingerprint density at radius 1 is 0.674 bits per heavy atom. The van der Waals surface area contributed by atoms with Crippen molar-refractivity contribution in [2.24, 2.45) is 0 Å². The zero-order valence-electron chi connectivity index (χ0n) is 29.0. The molecule has 1 saturated heterocycles. The Bertz CT molecular complexity index is 2460. The number of aryl methyl sites for hydroxylation is 1. The molecule has 5 nitrogen and oxygen atoms in total. The molecule has 9 rings (SSSR count). The van der Waals surface area contributed by atoms with Gasteiger partial charge in [-0.05, 0) is 59.8 Å². The van der Waals surface area contributed by atoms with Crippen LogP contribution in [0, 0.1) is 13.5 Å². The molecule has 0 radical (unpaired) electrons.